The first-order valence-corrected chi connectivity index (χ1v) is 8.61. The quantitative estimate of drug-likeness (QED) is 0.466. The van der Waals surface area contributed by atoms with Crippen LogP contribution in [0.2, 0.25) is 10.0 Å². The van der Waals surface area contributed by atoms with Crippen molar-refractivity contribution in [2.24, 2.45) is 0 Å². The van der Waals surface area contributed by atoms with Gasteiger partial charge in [0.15, 0.2) is 0 Å². The van der Waals surface area contributed by atoms with Gasteiger partial charge in [0.25, 0.3) is 0 Å². The van der Waals surface area contributed by atoms with Gasteiger partial charge in [0.1, 0.15) is 11.5 Å². The molecule has 1 aliphatic rings. The molecule has 2 N–H and O–H groups in total. The van der Waals surface area contributed by atoms with Crippen LogP contribution in [0.5, 0.6) is 11.5 Å². The summed E-state index contributed by atoms with van der Waals surface area (Å²) >= 11 is 11.0. The predicted molar refractivity (Wildman–Crippen MR) is 106 cm³/mol. The number of benzene rings is 2. The Bertz CT molecular complexity index is 769. The monoisotopic (exact) mass is 463 g/mol. The smallest absolute Gasteiger partial charge is 0.115 e. The van der Waals surface area contributed by atoms with E-state index in [4.69, 9.17) is 33.4 Å². The number of aromatic hydroxyl groups is 2. The Balaban J connectivity index is 0.000000192. The Hall–Kier alpha value is -1.41. The average molecular weight is 466 g/mol. The van der Waals surface area contributed by atoms with Crippen molar-refractivity contribution in [3.05, 3.63) is 87.2 Å². The fourth-order valence-electron chi connectivity index (χ4n) is 2.18. The van der Waals surface area contributed by atoms with Gasteiger partial charge in [-0.15, -0.1) is 17.4 Å². The Morgan fingerprint density at radius 2 is 1.15 bits per heavy atom. The van der Waals surface area contributed by atoms with Crippen LogP contribution < -0.4 is 10.4 Å². The van der Waals surface area contributed by atoms with Crippen molar-refractivity contribution in [3.8, 4) is 11.5 Å². The van der Waals surface area contributed by atoms with Crippen molar-refractivity contribution in [2.45, 2.75) is 12.8 Å². The molecule has 3 aromatic rings. The first-order valence-electron chi connectivity index (χ1n) is 7.86. The summed E-state index contributed by atoms with van der Waals surface area (Å²) in [5, 5.41) is 21.5. The third-order valence-corrected chi connectivity index (χ3v) is 3.94. The second-order valence-corrected chi connectivity index (χ2v) is 6.25. The Kier molecular flexibility index (Phi) is 10.5. The van der Waals surface area contributed by atoms with E-state index >= 15 is 0 Å². The molecule has 0 aliphatic heterocycles. The SMILES string of the molecule is C1=c2cc[cH-]c2=CCC1.Oc1ccc(Cl)cc1.Oc1ccc(Cl)cc1.[Zr]. The number of hydrogen-bond acceptors (Lipinski definition) is 2. The summed E-state index contributed by atoms with van der Waals surface area (Å²) in [6.45, 7) is 0. The van der Waals surface area contributed by atoms with E-state index in [0.717, 1.165) is 0 Å². The topological polar surface area (TPSA) is 40.5 Å². The van der Waals surface area contributed by atoms with E-state index in [1.54, 1.807) is 48.5 Å². The summed E-state index contributed by atoms with van der Waals surface area (Å²) < 4.78 is 0. The Morgan fingerprint density at radius 1 is 0.692 bits per heavy atom. The second-order valence-electron chi connectivity index (χ2n) is 5.37. The molecule has 0 heterocycles. The van der Waals surface area contributed by atoms with Crippen LogP contribution in [0.25, 0.3) is 12.2 Å². The molecule has 0 amide bonds. The number of fused-ring (bicyclic) bond motifs is 1. The molecule has 2 nitrogen and oxygen atoms in total. The van der Waals surface area contributed by atoms with Gasteiger partial charge in [-0.2, -0.15) is 23.4 Å². The van der Waals surface area contributed by atoms with E-state index in [2.05, 4.69) is 30.4 Å². The van der Waals surface area contributed by atoms with Gasteiger partial charge in [-0.3, -0.25) is 0 Å². The number of phenols is 2. The van der Waals surface area contributed by atoms with Crippen molar-refractivity contribution < 1.29 is 36.4 Å². The third kappa shape index (κ3) is 8.32. The zero-order valence-electron chi connectivity index (χ0n) is 14.1. The van der Waals surface area contributed by atoms with Gasteiger partial charge < -0.3 is 10.2 Å². The summed E-state index contributed by atoms with van der Waals surface area (Å²) in [5.74, 6) is 0.490. The summed E-state index contributed by atoms with van der Waals surface area (Å²) in [4.78, 5) is 0. The maximum atomic E-state index is 8.70. The Labute approximate surface area is 182 Å². The van der Waals surface area contributed by atoms with Crippen LogP contribution in [0.4, 0.5) is 0 Å². The molecule has 0 unspecified atom stereocenters. The molecule has 5 heteroatoms. The van der Waals surface area contributed by atoms with E-state index in [1.807, 2.05) is 0 Å². The molecule has 0 fully saturated rings. The van der Waals surface area contributed by atoms with E-state index in [-0.39, 0.29) is 37.7 Å². The van der Waals surface area contributed by atoms with Crippen molar-refractivity contribution in [2.75, 3.05) is 0 Å². The van der Waals surface area contributed by atoms with E-state index in [0.29, 0.717) is 10.0 Å². The van der Waals surface area contributed by atoms with Crippen LogP contribution in [0.3, 0.4) is 0 Å². The number of halogens is 2. The van der Waals surface area contributed by atoms with Gasteiger partial charge in [0.05, 0.1) is 0 Å². The number of phenolic OH excluding ortho intramolecular Hbond substituents is 2. The van der Waals surface area contributed by atoms with Crippen molar-refractivity contribution >= 4 is 35.4 Å². The van der Waals surface area contributed by atoms with Gasteiger partial charge in [-0.05, 0) is 55.0 Å². The summed E-state index contributed by atoms with van der Waals surface area (Å²) in [5.41, 5.74) is 0. The maximum absolute atomic E-state index is 8.70. The molecule has 0 spiro atoms. The molecule has 26 heavy (non-hydrogen) atoms. The normalized spacial score (nSPS) is 11.0. The Morgan fingerprint density at radius 3 is 1.58 bits per heavy atom. The van der Waals surface area contributed by atoms with Gasteiger partial charge >= 0.3 is 0 Å². The molecule has 0 radical (unpaired) electrons. The molecule has 3 aromatic carbocycles. The van der Waals surface area contributed by atoms with Crippen LogP contribution in [-0.2, 0) is 26.2 Å². The van der Waals surface area contributed by atoms with Crippen LogP contribution >= 0.6 is 23.2 Å². The van der Waals surface area contributed by atoms with Crippen molar-refractivity contribution in [3.63, 3.8) is 0 Å². The minimum Gasteiger partial charge on any atom is -0.508 e. The minimum absolute atomic E-state index is 0. The molecule has 0 bridgehead atoms. The largest absolute Gasteiger partial charge is 0.508 e. The number of hydrogen-bond donors (Lipinski definition) is 2. The number of rotatable bonds is 0. The van der Waals surface area contributed by atoms with Gasteiger partial charge in [0, 0.05) is 36.2 Å². The molecular weight excluding hydrogens is 446 g/mol. The van der Waals surface area contributed by atoms with E-state index in [1.165, 1.54) is 23.3 Å². The molecule has 0 atom stereocenters. The fourth-order valence-corrected chi connectivity index (χ4v) is 2.43. The predicted octanol–water partition coefficient (Wildman–Crippen LogP) is 4.85. The molecule has 4 rings (SSSR count). The minimum atomic E-state index is 0. The van der Waals surface area contributed by atoms with Crippen LogP contribution in [0.1, 0.15) is 12.8 Å². The van der Waals surface area contributed by atoms with Crippen molar-refractivity contribution in [1.29, 1.82) is 0 Å². The van der Waals surface area contributed by atoms with E-state index < -0.39 is 0 Å². The second kappa shape index (κ2) is 12.1. The van der Waals surface area contributed by atoms with Gasteiger partial charge in [0.2, 0.25) is 0 Å². The molecular formula is C21H19Cl2O2Zr-. The first-order chi connectivity index (χ1) is 12.0. The third-order valence-electron chi connectivity index (χ3n) is 3.43. The van der Waals surface area contributed by atoms with E-state index in [9.17, 15) is 0 Å². The van der Waals surface area contributed by atoms with Crippen LogP contribution in [-0.4, -0.2) is 10.2 Å². The van der Waals surface area contributed by atoms with Crippen molar-refractivity contribution in [1.82, 2.24) is 0 Å². The average Bonchev–Trinajstić information content (AvgIpc) is 3.10. The molecule has 0 saturated heterocycles. The van der Waals surface area contributed by atoms with Gasteiger partial charge in [-0.1, -0.05) is 29.6 Å². The molecule has 0 aromatic heterocycles. The van der Waals surface area contributed by atoms with Gasteiger partial charge in [-0.25, -0.2) is 0 Å². The zero-order chi connectivity index (χ0) is 18.1. The summed E-state index contributed by atoms with van der Waals surface area (Å²) in [6, 6.07) is 19.2. The molecule has 0 saturated carbocycles. The summed E-state index contributed by atoms with van der Waals surface area (Å²) in [7, 11) is 0. The van der Waals surface area contributed by atoms with Crippen LogP contribution in [0.15, 0.2) is 66.7 Å². The zero-order valence-corrected chi connectivity index (χ0v) is 18.0. The molecule has 1 aliphatic carbocycles. The fraction of sp³-hybridized carbons (Fsp3) is 0.0952. The summed E-state index contributed by atoms with van der Waals surface area (Å²) in [6.07, 6.45) is 7.04. The standard InChI is InChI=1S/C9H9.2C6H5ClO.Zr/c1-2-5-9-7-3-6-8(9)4-1;2*7-5-1-3-6(8)4-2-5;/h3-7H,1-2H2;2*1-4,8H;/q-1;;;. The van der Waals surface area contributed by atoms with Crippen LogP contribution in [0, 0.1) is 0 Å². The first kappa shape index (κ1) is 22.6. The maximum Gasteiger partial charge on any atom is 0.115 e. The molecule has 134 valence electrons.